The Balaban J connectivity index is 1.89. The van der Waals surface area contributed by atoms with E-state index in [1.54, 1.807) is 48.5 Å². The number of hydrazone groups is 1. The summed E-state index contributed by atoms with van der Waals surface area (Å²) in [5, 5.41) is 6.25. The fraction of sp³-hybridized carbons (Fsp3) is 0.211. The first-order valence-corrected chi connectivity index (χ1v) is 8.03. The summed E-state index contributed by atoms with van der Waals surface area (Å²) in [5.74, 6) is -0.516. The summed E-state index contributed by atoms with van der Waals surface area (Å²) in [5.41, 5.74) is 3.34. The first-order chi connectivity index (χ1) is 12.5. The van der Waals surface area contributed by atoms with Gasteiger partial charge in [-0.1, -0.05) is 12.1 Å². The van der Waals surface area contributed by atoms with Gasteiger partial charge in [0.2, 0.25) is 0 Å². The van der Waals surface area contributed by atoms with E-state index in [4.69, 9.17) is 9.47 Å². The normalized spacial score (nSPS) is 10.6. The van der Waals surface area contributed by atoms with Crippen LogP contribution in [0.3, 0.4) is 0 Å². The Hall–Kier alpha value is -3.35. The summed E-state index contributed by atoms with van der Waals surface area (Å²) >= 11 is 0. The average molecular weight is 355 g/mol. The number of para-hydroxylation sites is 2. The molecule has 2 aromatic carbocycles. The molecule has 0 fully saturated rings. The van der Waals surface area contributed by atoms with E-state index in [1.165, 1.54) is 13.3 Å². The molecule has 0 aliphatic rings. The highest BCUT2D eigenvalue weighted by molar-refractivity contribution is 6.39. The van der Waals surface area contributed by atoms with Crippen molar-refractivity contribution in [3.05, 3.63) is 54.1 Å². The van der Waals surface area contributed by atoms with E-state index < -0.39 is 11.8 Å². The first kappa shape index (κ1) is 19.0. The number of rotatable bonds is 6. The smallest absolute Gasteiger partial charge is 0.329 e. The Bertz CT molecular complexity index is 786. The third-order valence-electron chi connectivity index (χ3n) is 3.19. The van der Waals surface area contributed by atoms with Crippen LogP contribution < -0.4 is 20.2 Å². The van der Waals surface area contributed by atoms with Gasteiger partial charge in [0.15, 0.2) is 0 Å². The van der Waals surface area contributed by atoms with Crippen molar-refractivity contribution in [1.29, 1.82) is 0 Å². The Morgan fingerprint density at radius 2 is 1.73 bits per heavy atom. The van der Waals surface area contributed by atoms with Crippen LogP contribution in [0.4, 0.5) is 5.69 Å². The molecule has 0 saturated carbocycles. The highest BCUT2D eigenvalue weighted by Gasteiger charge is 2.14. The van der Waals surface area contributed by atoms with Crippen LogP contribution >= 0.6 is 0 Å². The van der Waals surface area contributed by atoms with E-state index >= 15 is 0 Å². The lowest BCUT2D eigenvalue weighted by atomic mass is 10.2. The molecule has 0 radical (unpaired) electrons. The van der Waals surface area contributed by atoms with Gasteiger partial charge in [-0.25, -0.2) is 5.43 Å². The van der Waals surface area contributed by atoms with Gasteiger partial charge in [0.05, 0.1) is 25.1 Å². The summed E-state index contributed by atoms with van der Waals surface area (Å²) in [7, 11) is 1.48. The average Bonchev–Trinajstić information content (AvgIpc) is 2.63. The summed E-state index contributed by atoms with van der Waals surface area (Å²) < 4.78 is 10.7. The van der Waals surface area contributed by atoms with Gasteiger partial charge < -0.3 is 14.8 Å². The maximum absolute atomic E-state index is 11.9. The molecule has 0 atom stereocenters. The number of ether oxygens (including phenoxy) is 2. The number of carbonyl (C=O) groups excluding carboxylic acids is 2. The zero-order valence-corrected chi connectivity index (χ0v) is 14.9. The van der Waals surface area contributed by atoms with Gasteiger partial charge in [0.1, 0.15) is 11.5 Å². The van der Waals surface area contributed by atoms with Gasteiger partial charge in [-0.05, 0) is 55.8 Å². The lowest BCUT2D eigenvalue weighted by Crippen LogP contribution is -2.32. The number of methoxy groups -OCH3 is 1. The third-order valence-corrected chi connectivity index (χ3v) is 3.19. The molecule has 2 N–H and O–H groups in total. The topological polar surface area (TPSA) is 89.0 Å². The van der Waals surface area contributed by atoms with Crippen molar-refractivity contribution in [3.8, 4) is 11.5 Å². The van der Waals surface area contributed by atoms with Crippen LogP contribution in [-0.2, 0) is 9.59 Å². The lowest BCUT2D eigenvalue weighted by Gasteiger charge is -2.09. The largest absolute Gasteiger partial charge is 0.495 e. The van der Waals surface area contributed by atoms with Crippen LogP contribution in [0, 0.1) is 0 Å². The fourth-order valence-electron chi connectivity index (χ4n) is 2.05. The van der Waals surface area contributed by atoms with Gasteiger partial charge in [0, 0.05) is 0 Å². The lowest BCUT2D eigenvalue weighted by molar-refractivity contribution is -0.136. The van der Waals surface area contributed by atoms with E-state index in [9.17, 15) is 9.59 Å². The minimum Gasteiger partial charge on any atom is -0.495 e. The summed E-state index contributed by atoms with van der Waals surface area (Å²) in [4.78, 5) is 23.7. The molecule has 0 aliphatic heterocycles. The molecule has 7 nitrogen and oxygen atoms in total. The molecule has 26 heavy (non-hydrogen) atoms. The number of hydrogen-bond donors (Lipinski definition) is 2. The van der Waals surface area contributed by atoms with E-state index in [-0.39, 0.29) is 6.10 Å². The Labute approximate surface area is 152 Å². The third kappa shape index (κ3) is 5.62. The molecule has 0 spiro atoms. The van der Waals surface area contributed by atoms with Crippen LogP contribution in [-0.4, -0.2) is 31.2 Å². The van der Waals surface area contributed by atoms with E-state index in [1.807, 2.05) is 13.8 Å². The van der Waals surface area contributed by atoms with E-state index in [2.05, 4.69) is 15.8 Å². The number of carbonyl (C=O) groups is 2. The maximum atomic E-state index is 11.9. The van der Waals surface area contributed by atoms with Crippen molar-refractivity contribution in [3.63, 3.8) is 0 Å². The molecule has 2 rings (SSSR count). The molecule has 0 aromatic heterocycles. The molecule has 0 unspecified atom stereocenters. The van der Waals surface area contributed by atoms with Crippen molar-refractivity contribution < 1.29 is 19.1 Å². The van der Waals surface area contributed by atoms with Crippen molar-refractivity contribution >= 4 is 23.7 Å². The van der Waals surface area contributed by atoms with Crippen LogP contribution in [0.1, 0.15) is 19.4 Å². The molecule has 0 heterocycles. The molecular formula is C19H21N3O4. The standard InChI is InChI=1S/C19H21N3O4/c1-13(2)26-15-10-8-14(9-11-15)12-20-22-19(24)18(23)21-16-6-4-5-7-17(16)25-3/h4-13H,1-3H3,(H,21,23)(H,22,24)/b20-12-. The van der Waals surface area contributed by atoms with Crippen molar-refractivity contribution in [2.45, 2.75) is 20.0 Å². The molecule has 2 aromatic rings. The second-order valence-electron chi connectivity index (χ2n) is 5.59. The highest BCUT2D eigenvalue weighted by atomic mass is 16.5. The predicted octanol–water partition coefficient (Wildman–Crippen LogP) is 2.57. The Morgan fingerprint density at radius 3 is 2.38 bits per heavy atom. The SMILES string of the molecule is COc1ccccc1NC(=O)C(=O)N/N=C\c1ccc(OC(C)C)cc1. The molecule has 7 heteroatoms. The van der Waals surface area contributed by atoms with Crippen molar-refractivity contribution in [2.75, 3.05) is 12.4 Å². The number of nitrogens with zero attached hydrogens (tertiary/aromatic N) is 1. The number of nitrogens with one attached hydrogen (secondary N) is 2. The number of benzene rings is 2. The number of hydrogen-bond acceptors (Lipinski definition) is 5. The van der Waals surface area contributed by atoms with Crippen LogP contribution in [0.2, 0.25) is 0 Å². The van der Waals surface area contributed by atoms with Crippen LogP contribution in [0.15, 0.2) is 53.6 Å². The van der Waals surface area contributed by atoms with E-state index in [0.717, 1.165) is 11.3 Å². The molecular weight excluding hydrogens is 334 g/mol. The zero-order valence-electron chi connectivity index (χ0n) is 14.9. The fourth-order valence-corrected chi connectivity index (χ4v) is 2.05. The second kappa shape index (κ2) is 9.22. The second-order valence-corrected chi connectivity index (χ2v) is 5.59. The Kier molecular flexibility index (Phi) is 6.73. The molecule has 0 saturated heterocycles. The molecule has 0 bridgehead atoms. The minimum absolute atomic E-state index is 0.0931. The number of amides is 2. The molecule has 136 valence electrons. The molecule has 0 aliphatic carbocycles. The van der Waals surface area contributed by atoms with Crippen molar-refractivity contribution in [1.82, 2.24) is 5.43 Å². The number of anilines is 1. The zero-order chi connectivity index (χ0) is 18.9. The predicted molar refractivity (Wildman–Crippen MR) is 99.6 cm³/mol. The summed E-state index contributed by atoms with van der Waals surface area (Å²) in [6.07, 6.45) is 1.53. The Morgan fingerprint density at radius 1 is 1.04 bits per heavy atom. The highest BCUT2D eigenvalue weighted by Crippen LogP contribution is 2.22. The monoisotopic (exact) mass is 355 g/mol. The first-order valence-electron chi connectivity index (χ1n) is 8.03. The summed E-state index contributed by atoms with van der Waals surface area (Å²) in [6.45, 7) is 3.89. The van der Waals surface area contributed by atoms with Gasteiger partial charge in [-0.15, -0.1) is 0 Å². The van der Waals surface area contributed by atoms with E-state index in [0.29, 0.717) is 11.4 Å². The molecule has 2 amide bonds. The minimum atomic E-state index is -0.882. The van der Waals surface area contributed by atoms with Crippen molar-refractivity contribution in [2.24, 2.45) is 5.10 Å². The quantitative estimate of drug-likeness (QED) is 0.473. The van der Waals surface area contributed by atoms with Gasteiger partial charge in [0.25, 0.3) is 0 Å². The van der Waals surface area contributed by atoms with Crippen LogP contribution in [0.5, 0.6) is 11.5 Å². The van der Waals surface area contributed by atoms with Gasteiger partial charge >= 0.3 is 11.8 Å². The van der Waals surface area contributed by atoms with Gasteiger partial charge in [-0.3, -0.25) is 9.59 Å². The van der Waals surface area contributed by atoms with Crippen LogP contribution in [0.25, 0.3) is 0 Å². The van der Waals surface area contributed by atoms with Gasteiger partial charge in [-0.2, -0.15) is 5.10 Å². The summed E-state index contributed by atoms with van der Waals surface area (Å²) in [6, 6.07) is 14.0. The maximum Gasteiger partial charge on any atom is 0.329 e.